The van der Waals surface area contributed by atoms with Crippen LogP contribution in [0.3, 0.4) is 0 Å². The van der Waals surface area contributed by atoms with Gasteiger partial charge in [-0.2, -0.15) is 5.10 Å². The summed E-state index contributed by atoms with van der Waals surface area (Å²) in [5.74, 6) is 0.0678. The van der Waals surface area contributed by atoms with Gasteiger partial charge in [-0.15, -0.1) is 0 Å². The molecule has 2 rings (SSSR count). The number of hydrazone groups is 1. The quantitative estimate of drug-likeness (QED) is 0.262. The number of halogens is 1. The van der Waals surface area contributed by atoms with E-state index in [2.05, 4.69) is 17.5 Å². The smallest absolute Gasteiger partial charge is 0.271 e. The minimum absolute atomic E-state index is 0.143. The number of hydrogen-bond donors (Lipinski definition) is 1. The summed E-state index contributed by atoms with van der Waals surface area (Å²) in [6.45, 7) is 2.74. The number of hydrogen-bond acceptors (Lipinski definition) is 5. The molecule has 0 bridgehead atoms. The molecule has 0 radical (unpaired) electrons. The van der Waals surface area contributed by atoms with Crippen LogP contribution in [0.15, 0.2) is 47.6 Å². The average molecular weight is 404 g/mol. The van der Waals surface area contributed by atoms with Gasteiger partial charge in [0.1, 0.15) is 5.75 Å². The van der Waals surface area contributed by atoms with Gasteiger partial charge in [0.2, 0.25) is 0 Å². The van der Waals surface area contributed by atoms with Crippen LogP contribution >= 0.6 is 11.6 Å². The third kappa shape index (κ3) is 6.66. The number of non-ortho nitro benzene ring substituents is 1. The van der Waals surface area contributed by atoms with Crippen molar-refractivity contribution < 1.29 is 14.5 Å². The highest BCUT2D eigenvalue weighted by Gasteiger charge is 2.11. The largest absolute Gasteiger partial charge is 0.493 e. The number of carbonyl (C=O) groups excluding carboxylic acids is 1. The molecule has 0 saturated heterocycles. The van der Waals surface area contributed by atoms with E-state index in [4.69, 9.17) is 16.3 Å². The van der Waals surface area contributed by atoms with E-state index < -0.39 is 10.8 Å². The fraction of sp³-hybridized carbons (Fsp3) is 0.300. The van der Waals surface area contributed by atoms with E-state index in [1.165, 1.54) is 36.9 Å². The highest BCUT2D eigenvalue weighted by atomic mass is 35.5. The molecule has 2 aromatic carbocycles. The molecule has 1 amide bonds. The van der Waals surface area contributed by atoms with Crippen molar-refractivity contribution in [2.45, 2.75) is 32.6 Å². The van der Waals surface area contributed by atoms with Crippen molar-refractivity contribution in [3.63, 3.8) is 0 Å². The first-order chi connectivity index (χ1) is 13.5. The van der Waals surface area contributed by atoms with Gasteiger partial charge in [-0.1, -0.05) is 43.9 Å². The van der Waals surface area contributed by atoms with E-state index in [0.717, 1.165) is 19.3 Å². The van der Waals surface area contributed by atoms with Crippen LogP contribution in [0, 0.1) is 10.1 Å². The van der Waals surface area contributed by atoms with Gasteiger partial charge in [0, 0.05) is 28.3 Å². The monoisotopic (exact) mass is 403 g/mol. The standard InChI is InChI=1S/C20H22ClN3O4/c1-2-3-4-5-11-28-19-10-9-17(21)12-16(19)14-22-23-20(25)15-7-6-8-18(13-15)24(26)27/h6-10,12-14H,2-5,11H2,1H3,(H,23,25)/b22-14+. The molecule has 8 heteroatoms. The lowest BCUT2D eigenvalue weighted by atomic mass is 10.2. The molecule has 28 heavy (non-hydrogen) atoms. The third-order valence-corrected chi connectivity index (χ3v) is 4.15. The van der Waals surface area contributed by atoms with Gasteiger partial charge in [0.25, 0.3) is 11.6 Å². The van der Waals surface area contributed by atoms with Gasteiger partial charge in [-0.3, -0.25) is 14.9 Å². The molecular weight excluding hydrogens is 382 g/mol. The lowest BCUT2D eigenvalue weighted by Gasteiger charge is -2.09. The summed E-state index contributed by atoms with van der Waals surface area (Å²) in [5.41, 5.74) is 2.96. The Labute approximate surface area is 168 Å². The molecule has 0 aliphatic heterocycles. The summed E-state index contributed by atoms with van der Waals surface area (Å²) >= 11 is 6.04. The Balaban J connectivity index is 2.00. The van der Waals surface area contributed by atoms with Crippen molar-refractivity contribution in [3.05, 3.63) is 68.7 Å². The van der Waals surface area contributed by atoms with E-state index in [0.29, 0.717) is 22.9 Å². The molecule has 0 aromatic heterocycles. The molecule has 0 spiro atoms. The number of rotatable bonds is 10. The number of ether oxygens (including phenoxy) is 1. The Kier molecular flexibility index (Phi) is 8.42. The molecular formula is C20H22ClN3O4. The molecule has 0 aliphatic rings. The van der Waals surface area contributed by atoms with E-state index >= 15 is 0 Å². The maximum absolute atomic E-state index is 12.1. The van der Waals surface area contributed by atoms with Crippen LogP contribution in [0.4, 0.5) is 5.69 Å². The van der Waals surface area contributed by atoms with Crippen molar-refractivity contribution in [2.24, 2.45) is 5.10 Å². The van der Waals surface area contributed by atoms with Gasteiger partial charge < -0.3 is 4.74 Å². The summed E-state index contributed by atoms with van der Waals surface area (Å²) in [6.07, 6.45) is 5.82. The minimum Gasteiger partial charge on any atom is -0.493 e. The van der Waals surface area contributed by atoms with E-state index in [-0.39, 0.29) is 11.3 Å². The van der Waals surface area contributed by atoms with Crippen molar-refractivity contribution in [1.29, 1.82) is 0 Å². The van der Waals surface area contributed by atoms with Crippen LogP contribution in [0.25, 0.3) is 0 Å². The number of nitro benzene ring substituents is 1. The van der Waals surface area contributed by atoms with E-state index in [9.17, 15) is 14.9 Å². The summed E-state index contributed by atoms with van der Waals surface area (Å²) in [7, 11) is 0. The topological polar surface area (TPSA) is 93.8 Å². The molecule has 0 unspecified atom stereocenters. The maximum Gasteiger partial charge on any atom is 0.271 e. The first-order valence-corrected chi connectivity index (χ1v) is 9.39. The molecule has 0 saturated carbocycles. The second kappa shape index (κ2) is 11.0. The molecule has 7 nitrogen and oxygen atoms in total. The molecule has 2 aromatic rings. The fourth-order valence-corrected chi connectivity index (χ4v) is 2.63. The average Bonchev–Trinajstić information content (AvgIpc) is 2.69. The highest BCUT2D eigenvalue weighted by Crippen LogP contribution is 2.22. The molecule has 1 N–H and O–H groups in total. The number of carbonyl (C=O) groups is 1. The van der Waals surface area contributed by atoms with Crippen LogP contribution in [-0.4, -0.2) is 23.7 Å². The normalized spacial score (nSPS) is 10.8. The molecule has 148 valence electrons. The number of amides is 1. The second-order valence-electron chi connectivity index (χ2n) is 6.10. The van der Waals surface area contributed by atoms with Crippen LogP contribution in [0.5, 0.6) is 5.75 Å². The maximum atomic E-state index is 12.1. The van der Waals surface area contributed by atoms with Crippen molar-refractivity contribution in [2.75, 3.05) is 6.61 Å². The summed E-state index contributed by atoms with van der Waals surface area (Å²) in [4.78, 5) is 22.4. The highest BCUT2D eigenvalue weighted by molar-refractivity contribution is 6.30. The molecule has 0 atom stereocenters. The van der Waals surface area contributed by atoms with Crippen molar-refractivity contribution in [3.8, 4) is 5.75 Å². The summed E-state index contributed by atoms with van der Waals surface area (Å²) in [5, 5.41) is 15.2. The number of benzene rings is 2. The SMILES string of the molecule is CCCCCCOc1ccc(Cl)cc1/C=N/NC(=O)c1cccc([N+](=O)[O-])c1. The van der Waals surface area contributed by atoms with Gasteiger partial charge in [-0.25, -0.2) is 5.43 Å². The number of unbranched alkanes of at least 4 members (excludes halogenated alkanes) is 3. The fourth-order valence-electron chi connectivity index (χ4n) is 2.45. The Morgan fingerprint density at radius 3 is 2.82 bits per heavy atom. The van der Waals surface area contributed by atoms with Gasteiger partial charge in [0.05, 0.1) is 17.7 Å². The molecule has 0 aliphatic carbocycles. The first-order valence-electron chi connectivity index (χ1n) is 9.01. The minimum atomic E-state index is -0.559. The van der Waals surface area contributed by atoms with Gasteiger partial charge >= 0.3 is 0 Å². The summed E-state index contributed by atoms with van der Waals surface area (Å²) in [6, 6.07) is 10.6. The number of nitrogens with one attached hydrogen (secondary N) is 1. The Hall–Kier alpha value is -2.93. The lowest BCUT2D eigenvalue weighted by Crippen LogP contribution is -2.17. The van der Waals surface area contributed by atoms with Crippen LogP contribution in [0.1, 0.15) is 48.5 Å². The summed E-state index contributed by atoms with van der Waals surface area (Å²) < 4.78 is 5.79. The Morgan fingerprint density at radius 2 is 2.07 bits per heavy atom. The van der Waals surface area contributed by atoms with E-state index in [1.54, 1.807) is 18.2 Å². The predicted octanol–water partition coefficient (Wildman–Crippen LogP) is 4.97. The second-order valence-corrected chi connectivity index (χ2v) is 6.53. The third-order valence-electron chi connectivity index (χ3n) is 3.92. The first kappa shape index (κ1) is 21.4. The Morgan fingerprint density at radius 1 is 1.25 bits per heavy atom. The Bertz CT molecular complexity index is 855. The zero-order valence-corrected chi connectivity index (χ0v) is 16.3. The van der Waals surface area contributed by atoms with Gasteiger partial charge in [0.15, 0.2) is 0 Å². The zero-order valence-electron chi connectivity index (χ0n) is 15.6. The van der Waals surface area contributed by atoms with Crippen LogP contribution in [-0.2, 0) is 0 Å². The van der Waals surface area contributed by atoms with Crippen molar-refractivity contribution >= 4 is 29.4 Å². The van der Waals surface area contributed by atoms with Crippen LogP contribution < -0.4 is 10.2 Å². The lowest BCUT2D eigenvalue weighted by molar-refractivity contribution is -0.384. The number of nitrogens with zero attached hydrogens (tertiary/aromatic N) is 2. The number of nitro groups is 1. The van der Waals surface area contributed by atoms with Crippen molar-refractivity contribution in [1.82, 2.24) is 5.43 Å². The van der Waals surface area contributed by atoms with E-state index in [1.807, 2.05) is 0 Å². The molecule has 0 heterocycles. The predicted molar refractivity (Wildman–Crippen MR) is 109 cm³/mol. The zero-order chi connectivity index (χ0) is 20.4. The van der Waals surface area contributed by atoms with Gasteiger partial charge in [-0.05, 0) is 30.7 Å². The molecule has 0 fully saturated rings. The van der Waals surface area contributed by atoms with Crippen LogP contribution in [0.2, 0.25) is 5.02 Å².